The third kappa shape index (κ3) is 3.81. The predicted octanol–water partition coefficient (Wildman–Crippen LogP) is 0.278. The highest BCUT2D eigenvalue weighted by Crippen LogP contribution is 2.12. The molecule has 1 saturated heterocycles. The van der Waals surface area contributed by atoms with Crippen LogP contribution in [0.1, 0.15) is 33.6 Å². The van der Waals surface area contributed by atoms with Gasteiger partial charge in [0.2, 0.25) is 5.91 Å². The van der Waals surface area contributed by atoms with E-state index in [1.165, 1.54) is 0 Å². The van der Waals surface area contributed by atoms with E-state index in [1.54, 1.807) is 25.7 Å². The molecule has 1 aliphatic rings. The Morgan fingerprint density at radius 1 is 1.56 bits per heavy atom. The first-order chi connectivity index (χ1) is 7.29. The van der Waals surface area contributed by atoms with E-state index in [-0.39, 0.29) is 12.5 Å². The van der Waals surface area contributed by atoms with Crippen LogP contribution in [0.3, 0.4) is 0 Å². The number of nitrogens with two attached hydrogens (primary N) is 1. The number of ether oxygens (including phenoxy) is 1. The fraction of sp³-hybridized carbons (Fsp3) is 0.818. The van der Waals surface area contributed by atoms with Gasteiger partial charge >= 0.3 is 5.97 Å². The first kappa shape index (κ1) is 13.0. The lowest BCUT2D eigenvalue weighted by atomic mass is 10.2. The van der Waals surface area contributed by atoms with E-state index in [1.807, 2.05) is 0 Å². The molecule has 0 aliphatic carbocycles. The van der Waals surface area contributed by atoms with Crippen LogP contribution in [0.5, 0.6) is 0 Å². The van der Waals surface area contributed by atoms with Crippen LogP contribution < -0.4 is 5.73 Å². The third-order valence-electron chi connectivity index (χ3n) is 2.30. The van der Waals surface area contributed by atoms with Crippen molar-refractivity contribution in [1.82, 2.24) is 4.90 Å². The Bertz CT molecular complexity index is 283. The second-order valence-electron chi connectivity index (χ2n) is 5.08. The number of esters is 1. The SMILES string of the molecule is CC(C)(C)OC(=O)[C@@H](N)CN1CCCC1=O. The summed E-state index contributed by atoms with van der Waals surface area (Å²) in [6, 6.07) is -0.749. The quantitative estimate of drug-likeness (QED) is 0.704. The maximum atomic E-state index is 11.6. The lowest BCUT2D eigenvalue weighted by molar-refractivity contribution is -0.157. The number of nitrogens with zero attached hydrogens (tertiary/aromatic N) is 1. The molecule has 1 aliphatic heterocycles. The zero-order valence-corrected chi connectivity index (χ0v) is 10.2. The van der Waals surface area contributed by atoms with Crippen LogP contribution in [0.15, 0.2) is 0 Å². The highest BCUT2D eigenvalue weighted by atomic mass is 16.6. The van der Waals surface area contributed by atoms with Gasteiger partial charge in [0.15, 0.2) is 0 Å². The van der Waals surface area contributed by atoms with Gasteiger partial charge in [-0.2, -0.15) is 0 Å². The Kier molecular flexibility index (Phi) is 3.91. The summed E-state index contributed by atoms with van der Waals surface area (Å²) in [5.74, 6) is -0.383. The van der Waals surface area contributed by atoms with Crippen LogP contribution in [0.2, 0.25) is 0 Å². The number of hydrogen-bond acceptors (Lipinski definition) is 4. The summed E-state index contributed by atoms with van der Waals surface area (Å²) in [7, 11) is 0. The van der Waals surface area contributed by atoms with Gasteiger partial charge in [-0.05, 0) is 27.2 Å². The highest BCUT2D eigenvalue weighted by Gasteiger charge is 2.27. The van der Waals surface area contributed by atoms with E-state index in [0.29, 0.717) is 13.0 Å². The number of rotatable bonds is 3. The van der Waals surface area contributed by atoms with Gasteiger partial charge in [-0.25, -0.2) is 0 Å². The standard InChI is InChI=1S/C11H20N2O3/c1-11(2,3)16-10(15)8(12)7-13-6-4-5-9(13)14/h8H,4-7,12H2,1-3H3/t8-/m0/s1. The van der Waals surface area contributed by atoms with Crippen LogP contribution in [0.25, 0.3) is 0 Å². The smallest absolute Gasteiger partial charge is 0.325 e. The molecular weight excluding hydrogens is 208 g/mol. The monoisotopic (exact) mass is 228 g/mol. The summed E-state index contributed by atoms with van der Waals surface area (Å²) in [6.45, 7) is 6.32. The molecule has 1 amide bonds. The minimum Gasteiger partial charge on any atom is -0.459 e. The fourth-order valence-corrected chi connectivity index (χ4v) is 1.59. The van der Waals surface area contributed by atoms with Crippen LogP contribution >= 0.6 is 0 Å². The summed E-state index contributed by atoms with van der Waals surface area (Å²) < 4.78 is 5.14. The average Bonchev–Trinajstić information content (AvgIpc) is 2.49. The zero-order chi connectivity index (χ0) is 12.3. The summed E-state index contributed by atoms with van der Waals surface area (Å²) in [4.78, 5) is 24.5. The summed E-state index contributed by atoms with van der Waals surface area (Å²) >= 11 is 0. The van der Waals surface area contributed by atoms with Crippen molar-refractivity contribution in [2.24, 2.45) is 5.73 Å². The number of hydrogen-bond donors (Lipinski definition) is 1. The molecule has 0 saturated carbocycles. The normalized spacial score (nSPS) is 18.8. The van der Waals surface area contributed by atoms with Crippen LogP contribution in [0.4, 0.5) is 0 Å². The Hall–Kier alpha value is -1.10. The van der Waals surface area contributed by atoms with Crippen molar-refractivity contribution in [3.63, 3.8) is 0 Å². The van der Waals surface area contributed by atoms with Gasteiger partial charge in [-0.3, -0.25) is 9.59 Å². The molecule has 0 unspecified atom stereocenters. The number of amides is 1. The van der Waals surface area contributed by atoms with E-state index < -0.39 is 17.6 Å². The van der Waals surface area contributed by atoms with Gasteiger partial charge in [0.05, 0.1) is 0 Å². The molecule has 0 aromatic rings. The molecule has 0 aromatic heterocycles. The molecular formula is C11H20N2O3. The highest BCUT2D eigenvalue weighted by molar-refractivity contribution is 5.80. The topological polar surface area (TPSA) is 72.6 Å². The second kappa shape index (κ2) is 4.82. The first-order valence-electron chi connectivity index (χ1n) is 5.56. The summed E-state index contributed by atoms with van der Waals surface area (Å²) in [5, 5.41) is 0. The predicted molar refractivity (Wildman–Crippen MR) is 59.6 cm³/mol. The van der Waals surface area contributed by atoms with Gasteiger partial charge in [0, 0.05) is 19.5 Å². The molecule has 0 radical (unpaired) electrons. The van der Waals surface area contributed by atoms with Crippen molar-refractivity contribution in [2.45, 2.75) is 45.3 Å². The Labute approximate surface area is 95.9 Å². The summed E-state index contributed by atoms with van der Waals surface area (Å²) in [6.07, 6.45) is 1.40. The molecule has 5 heteroatoms. The van der Waals surface area contributed by atoms with Crippen molar-refractivity contribution in [3.05, 3.63) is 0 Å². The molecule has 16 heavy (non-hydrogen) atoms. The van der Waals surface area contributed by atoms with Gasteiger partial charge in [0.25, 0.3) is 0 Å². The Balaban J connectivity index is 2.42. The van der Waals surface area contributed by atoms with Crippen LogP contribution in [-0.2, 0) is 14.3 Å². The lowest BCUT2D eigenvalue weighted by Crippen LogP contribution is -2.46. The molecule has 92 valence electrons. The van der Waals surface area contributed by atoms with E-state index >= 15 is 0 Å². The molecule has 2 N–H and O–H groups in total. The van der Waals surface area contributed by atoms with E-state index in [9.17, 15) is 9.59 Å². The van der Waals surface area contributed by atoms with Crippen LogP contribution in [-0.4, -0.2) is 41.5 Å². The van der Waals surface area contributed by atoms with E-state index in [0.717, 1.165) is 6.42 Å². The van der Waals surface area contributed by atoms with Crippen molar-refractivity contribution in [2.75, 3.05) is 13.1 Å². The summed E-state index contributed by atoms with van der Waals surface area (Å²) in [5.41, 5.74) is 5.16. The van der Waals surface area contributed by atoms with Gasteiger partial charge in [-0.1, -0.05) is 0 Å². The average molecular weight is 228 g/mol. The van der Waals surface area contributed by atoms with Gasteiger partial charge in [-0.15, -0.1) is 0 Å². The number of carbonyl (C=O) groups excluding carboxylic acids is 2. The van der Waals surface area contributed by atoms with Crippen molar-refractivity contribution >= 4 is 11.9 Å². The molecule has 1 atom stereocenters. The third-order valence-corrected chi connectivity index (χ3v) is 2.30. The Morgan fingerprint density at radius 2 is 2.19 bits per heavy atom. The zero-order valence-electron chi connectivity index (χ0n) is 10.2. The minimum absolute atomic E-state index is 0.0685. The van der Waals surface area contributed by atoms with Crippen molar-refractivity contribution < 1.29 is 14.3 Å². The Morgan fingerprint density at radius 3 is 2.62 bits per heavy atom. The van der Waals surface area contributed by atoms with Crippen LogP contribution in [0, 0.1) is 0 Å². The maximum Gasteiger partial charge on any atom is 0.325 e. The molecule has 0 aromatic carbocycles. The second-order valence-corrected chi connectivity index (χ2v) is 5.08. The molecule has 1 fully saturated rings. The largest absolute Gasteiger partial charge is 0.459 e. The first-order valence-corrected chi connectivity index (χ1v) is 5.56. The van der Waals surface area contributed by atoms with E-state index in [4.69, 9.17) is 10.5 Å². The van der Waals surface area contributed by atoms with Gasteiger partial charge < -0.3 is 15.4 Å². The lowest BCUT2D eigenvalue weighted by Gasteiger charge is -2.24. The van der Waals surface area contributed by atoms with Gasteiger partial charge in [0.1, 0.15) is 11.6 Å². The number of carbonyl (C=O) groups is 2. The van der Waals surface area contributed by atoms with E-state index in [2.05, 4.69) is 0 Å². The molecule has 0 spiro atoms. The minimum atomic E-state index is -0.749. The molecule has 1 heterocycles. The molecule has 1 rings (SSSR count). The van der Waals surface area contributed by atoms with Crippen molar-refractivity contribution in [1.29, 1.82) is 0 Å². The molecule has 5 nitrogen and oxygen atoms in total. The van der Waals surface area contributed by atoms with Crippen molar-refractivity contribution in [3.8, 4) is 0 Å². The maximum absolute atomic E-state index is 11.6. The number of likely N-dealkylation sites (tertiary alicyclic amines) is 1. The fourth-order valence-electron chi connectivity index (χ4n) is 1.59. The molecule has 0 bridgehead atoms.